The van der Waals surface area contributed by atoms with Gasteiger partial charge < -0.3 is 14.7 Å². The van der Waals surface area contributed by atoms with Crippen molar-refractivity contribution < 1.29 is 27.4 Å². The molecule has 3 fully saturated rings. The van der Waals surface area contributed by atoms with Crippen molar-refractivity contribution in [1.29, 1.82) is 0 Å². The van der Waals surface area contributed by atoms with Crippen molar-refractivity contribution in [2.75, 3.05) is 17.5 Å². The molecule has 11 heteroatoms. The van der Waals surface area contributed by atoms with E-state index in [9.17, 15) is 18.3 Å². The molecule has 2 aliphatic carbocycles. The van der Waals surface area contributed by atoms with Crippen LogP contribution in [0.1, 0.15) is 49.0 Å². The zero-order valence-electron chi connectivity index (χ0n) is 22.7. The molecule has 3 aromatic rings. The van der Waals surface area contributed by atoms with Crippen LogP contribution in [-0.4, -0.2) is 54.9 Å². The lowest BCUT2D eigenvalue weighted by molar-refractivity contribution is -0.184. The molecule has 2 saturated carbocycles. The number of carbonyl (C=O) groups excluding carboxylic acids is 1. The smallest absolute Gasteiger partial charge is 0.255 e. The van der Waals surface area contributed by atoms with Gasteiger partial charge in [0.15, 0.2) is 6.10 Å². The number of ether oxygens (including phenoxy) is 1. The van der Waals surface area contributed by atoms with Gasteiger partial charge in [-0.25, -0.2) is 12.8 Å². The summed E-state index contributed by atoms with van der Waals surface area (Å²) >= 11 is 12.6. The number of aliphatic hydroxyl groups is 1. The van der Waals surface area contributed by atoms with Crippen LogP contribution < -0.4 is 4.31 Å². The number of amides is 1. The van der Waals surface area contributed by atoms with Gasteiger partial charge in [0.25, 0.3) is 5.91 Å². The van der Waals surface area contributed by atoms with Gasteiger partial charge in [0, 0.05) is 10.0 Å². The van der Waals surface area contributed by atoms with Crippen LogP contribution in [0.3, 0.4) is 0 Å². The van der Waals surface area contributed by atoms with Crippen LogP contribution in [-0.2, 0) is 19.6 Å². The quantitative estimate of drug-likeness (QED) is 0.300. The number of anilines is 1. The Hall–Kier alpha value is -2.69. The normalized spacial score (nSPS) is 23.6. The Morgan fingerprint density at radius 3 is 2.29 bits per heavy atom. The zero-order valence-corrected chi connectivity index (χ0v) is 25.0. The molecule has 42 heavy (non-hydrogen) atoms. The van der Waals surface area contributed by atoms with Gasteiger partial charge in [-0.2, -0.15) is 0 Å². The molecule has 3 aromatic carbocycles. The van der Waals surface area contributed by atoms with E-state index in [0.29, 0.717) is 28.5 Å². The van der Waals surface area contributed by atoms with Crippen LogP contribution in [0.2, 0.25) is 10.0 Å². The van der Waals surface area contributed by atoms with Crippen LogP contribution in [0, 0.1) is 11.7 Å². The van der Waals surface area contributed by atoms with E-state index in [-0.39, 0.29) is 18.2 Å². The number of halogens is 3. The summed E-state index contributed by atoms with van der Waals surface area (Å²) in [6.45, 7) is -0.685. The molecule has 1 N–H and O–H groups in total. The van der Waals surface area contributed by atoms with Crippen molar-refractivity contribution in [3.63, 3.8) is 0 Å². The number of rotatable bonds is 10. The van der Waals surface area contributed by atoms with Gasteiger partial charge >= 0.3 is 0 Å². The van der Waals surface area contributed by atoms with Gasteiger partial charge in [0.2, 0.25) is 10.0 Å². The third kappa shape index (κ3) is 5.77. The fourth-order valence-electron chi connectivity index (χ4n) is 5.84. The summed E-state index contributed by atoms with van der Waals surface area (Å²) in [5.74, 6) is -1.13. The Morgan fingerprint density at radius 1 is 0.952 bits per heavy atom. The molecule has 6 rings (SSSR count). The van der Waals surface area contributed by atoms with E-state index in [1.54, 1.807) is 41.3 Å². The minimum atomic E-state index is -3.90. The van der Waals surface area contributed by atoms with Gasteiger partial charge in [-0.05, 0) is 79.1 Å². The first-order valence-electron chi connectivity index (χ1n) is 14.0. The summed E-state index contributed by atoms with van der Waals surface area (Å²) < 4.78 is 50.2. The summed E-state index contributed by atoms with van der Waals surface area (Å²) in [4.78, 5) is 15.8. The lowest BCUT2D eigenvalue weighted by atomic mass is 9.89. The average Bonchev–Trinajstić information content (AvgIpc) is 3.88. The highest BCUT2D eigenvalue weighted by Crippen LogP contribution is 2.48. The molecule has 0 unspecified atom stereocenters. The van der Waals surface area contributed by atoms with Crippen molar-refractivity contribution in [3.8, 4) is 0 Å². The number of nitrogens with zero attached hydrogens (tertiary/aromatic N) is 2. The number of sulfonamides is 1. The second-order valence-corrected chi connectivity index (χ2v) is 14.2. The number of carbonyl (C=O) groups is 1. The summed E-state index contributed by atoms with van der Waals surface area (Å²) in [6.07, 6.45) is 0.665. The molecule has 7 nitrogen and oxygen atoms in total. The molecular weight excluding hydrogens is 602 g/mol. The second-order valence-electron chi connectivity index (χ2n) is 11.2. The Balaban J connectivity index is 1.49. The van der Waals surface area contributed by atoms with Crippen LogP contribution in [0.5, 0.6) is 0 Å². The maximum Gasteiger partial charge on any atom is 0.255 e. The molecule has 4 atom stereocenters. The Kier molecular flexibility index (Phi) is 8.24. The Bertz CT molecular complexity index is 1570. The van der Waals surface area contributed by atoms with Crippen LogP contribution in [0.25, 0.3) is 0 Å². The fraction of sp³-hybridized carbons (Fsp3) is 0.387. The predicted octanol–water partition coefficient (Wildman–Crippen LogP) is 5.91. The standard InChI is InChI=1S/C31H31Cl2FN2O5S/c32-22-12-10-20(11-13-22)29-30(21-4-3-5-23(33)16-21)41-28(18-37)31(38)36(29)27(19-8-9-19)17-35(42(39,40)24-14-15-24)26-7-2-1-6-25(26)34/h1-7,10-13,16,19,24,27-30,37H,8-9,14-15,17-18H2/t27-,28-,29+,30-/m0/s1. The largest absolute Gasteiger partial charge is 0.393 e. The lowest BCUT2D eigenvalue weighted by Gasteiger charge is -2.49. The first-order valence-corrected chi connectivity index (χ1v) is 16.3. The highest BCUT2D eigenvalue weighted by atomic mass is 35.5. The van der Waals surface area contributed by atoms with Crippen molar-refractivity contribution in [1.82, 2.24) is 4.90 Å². The second kappa shape index (κ2) is 11.8. The first kappa shape index (κ1) is 29.4. The van der Waals surface area contributed by atoms with E-state index in [1.165, 1.54) is 18.2 Å². The van der Waals surface area contributed by atoms with Gasteiger partial charge in [0.1, 0.15) is 11.9 Å². The van der Waals surface area contributed by atoms with E-state index in [0.717, 1.165) is 22.7 Å². The molecule has 1 amide bonds. The highest BCUT2D eigenvalue weighted by molar-refractivity contribution is 7.93. The summed E-state index contributed by atoms with van der Waals surface area (Å²) in [5, 5.41) is 10.7. The topological polar surface area (TPSA) is 87.2 Å². The molecular formula is C31H31Cl2FN2O5S. The number of para-hydroxylation sites is 1. The molecule has 0 radical (unpaired) electrons. The van der Waals surface area contributed by atoms with E-state index >= 15 is 4.39 Å². The number of benzene rings is 3. The van der Waals surface area contributed by atoms with Crippen molar-refractivity contribution >= 4 is 44.8 Å². The highest BCUT2D eigenvalue weighted by Gasteiger charge is 2.52. The SMILES string of the molecule is O=C1[C@H](CO)O[C@@H](c2cccc(Cl)c2)[C@@H](c2ccc(Cl)cc2)N1[C@@H](CN(c1ccccc1F)S(=O)(=O)C1CC1)C1CC1. The van der Waals surface area contributed by atoms with Gasteiger partial charge in [-0.15, -0.1) is 0 Å². The molecule has 1 heterocycles. The predicted molar refractivity (Wildman–Crippen MR) is 159 cm³/mol. The minimum Gasteiger partial charge on any atom is -0.393 e. The van der Waals surface area contributed by atoms with Crippen molar-refractivity contribution in [3.05, 3.63) is 99.8 Å². The zero-order chi connectivity index (χ0) is 29.6. The lowest BCUT2D eigenvalue weighted by Crippen LogP contribution is -2.59. The van der Waals surface area contributed by atoms with Gasteiger partial charge in [-0.1, -0.05) is 59.6 Å². The molecule has 0 bridgehead atoms. The van der Waals surface area contributed by atoms with Crippen LogP contribution in [0.15, 0.2) is 72.8 Å². The fourth-order valence-corrected chi connectivity index (χ4v) is 8.04. The first-order chi connectivity index (χ1) is 20.2. The van der Waals surface area contributed by atoms with E-state index in [1.807, 2.05) is 18.2 Å². The van der Waals surface area contributed by atoms with E-state index in [4.69, 9.17) is 27.9 Å². The molecule has 3 aliphatic rings. The van der Waals surface area contributed by atoms with E-state index < -0.39 is 57.9 Å². The Labute approximate surface area is 254 Å². The Morgan fingerprint density at radius 2 is 1.67 bits per heavy atom. The minimum absolute atomic E-state index is 0.0233. The molecule has 222 valence electrons. The maximum atomic E-state index is 15.2. The molecule has 1 aliphatic heterocycles. The number of aliphatic hydroxyl groups excluding tert-OH is 1. The monoisotopic (exact) mass is 632 g/mol. The van der Waals surface area contributed by atoms with Crippen LogP contribution in [0.4, 0.5) is 10.1 Å². The number of morpholine rings is 1. The van der Waals surface area contributed by atoms with Crippen molar-refractivity contribution in [2.45, 2.75) is 55.2 Å². The third-order valence-electron chi connectivity index (χ3n) is 8.23. The molecule has 1 saturated heterocycles. The number of hydrogen-bond donors (Lipinski definition) is 1. The maximum absolute atomic E-state index is 15.2. The summed E-state index contributed by atoms with van der Waals surface area (Å²) in [6, 6.07) is 18.7. The molecule has 0 aromatic heterocycles. The average molecular weight is 634 g/mol. The summed E-state index contributed by atoms with van der Waals surface area (Å²) in [5.41, 5.74) is 1.38. The van der Waals surface area contributed by atoms with E-state index in [2.05, 4.69) is 0 Å². The molecule has 0 spiro atoms. The van der Waals surface area contributed by atoms with Gasteiger partial charge in [-0.3, -0.25) is 9.10 Å². The van der Waals surface area contributed by atoms with Crippen molar-refractivity contribution in [2.24, 2.45) is 5.92 Å². The summed E-state index contributed by atoms with van der Waals surface area (Å²) in [7, 11) is -3.90. The third-order valence-corrected chi connectivity index (χ3v) is 11.0. The number of hydrogen-bond acceptors (Lipinski definition) is 5. The van der Waals surface area contributed by atoms with Gasteiger partial charge in [0.05, 0.1) is 36.2 Å². The van der Waals surface area contributed by atoms with Crippen LogP contribution >= 0.6 is 23.2 Å².